The minimum Gasteiger partial charge on any atom is -0.497 e. The second kappa shape index (κ2) is 8.22. The van der Waals surface area contributed by atoms with Gasteiger partial charge in [-0.1, -0.05) is 12.1 Å². The lowest BCUT2D eigenvalue weighted by Gasteiger charge is -2.05. The van der Waals surface area contributed by atoms with Crippen molar-refractivity contribution in [1.29, 1.82) is 0 Å². The van der Waals surface area contributed by atoms with E-state index in [1.807, 2.05) is 24.3 Å². The monoisotopic (exact) mass is 257 g/mol. The smallest absolute Gasteiger partial charge is 0.152 e. The lowest BCUT2D eigenvalue weighted by atomic mass is 10.2. The Morgan fingerprint density at radius 1 is 1.29 bits per heavy atom. The predicted molar refractivity (Wildman–Crippen MR) is 69.6 cm³/mol. The highest BCUT2D eigenvalue weighted by Gasteiger charge is 1.96. The normalized spacial score (nSPS) is 12.4. The second-order valence-electron chi connectivity index (χ2n) is 3.76. The number of benzene rings is 1. The van der Waals surface area contributed by atoms with Gasteiger partial charge in [-0.05, 0) is 37.1 Å². The first-order chi connectivity index (χ1) is 8.22. The van der Waals surface area contributed by atoms with Crippen LogP contribution in [0, 0.1) is 0 Å². The number of unbranched alkanes of at least 4 members (excludes halogenated alkanes) is 1. The van der Waals surface area contributed by atoms with Crippen molar-refractivity contribution in [2.24, 2.45) is 0 Å². The maximum absolute atomic E-state index is 10.4. The van der Waals surface area contributed by atoms with Crippen molar-refractivity contribution in [3.05, 3.63) is 29.8 Å². The molecule has 0 heterocycles. The molecular weight excluding hydrogens is 238 g/mol. The minimum atomic E-state index is -1.65. The average molecular weight is 257 g/mol. The molecule has 0 bridgehead atoms. The van der Waals surface area contributed by atoms with Crippen LogP contribution < -0.4 is 10.1 Å². The van der Waals surface area contributed by atoms with Gasteiger partial charge in [0.25, 0.3) is 0 Å². The summed E-state index contributed by atoms with van der Waals surface area (Å²) in [4.78, 5) is 0. The Kier molecular flexibility index (Phi) is 6.84. The summed E-state index contributed by atoms with van der Waals surface area (Å²) in [5, 5.41) is 3.29. The molecule has 0 spiro atoms. The zero-order valence-corrected chi connectivity index (χ0v) is 10.8. The topological polar surface area (TPSA) is 58.6 Å². The molecule has 1 aromatic rings. The van der Waals surface area contributed by atoms with Crippen molar-refractivity contribution in [3.63, 3.8) is 0 Å². The SMILES string of the molecule is COc1ccc(CNCCCCS(=O)O)cc1. The fourth-order valence-corrected chi connectivity index (χ4v) is 1.90. The molecule has 0 aliphatic carbocycles. The highest BCUT2D eigenvalue weighted by molar-refractivity contribution is 7.79. The summed E-state index contributed by atoms with van der Waals surface area (Å²) >= 11 is -1.65. The Labute approximate surface area is 105 Å². The summed E-state index contributed by atoms with van der Waals surface area (Å²) in [5.41, 5.74) is 1.21. The van der Waals surface area contributed by atoms with Crippen molar-refractivity contribution in [2.45, 2.75) is 19.4 Å². The van der Waals surface area contributed by atoms with Crippen molar-refractivity contribution < 1.29 is 13.5 Å². The maximum atomic E-state index is 10.4. The van der Waals surface area contributed by atoms with Crippen molar-refractivity contribution in [3.8, 4) is 5.75 Å². The van der Waals surface area contributed by atoms with Gasteiger partial charge in [0.05, 0.1) is 7.11 Å². The van der Waals surface area contributed by atoms with Gasteiger partial charge >= 0.3 is 0 Å². The largest absolute Gasteiger partial charge is 0.497 e. The summed E-state index contributed by atoms with van der Waals surface area (Å²) in [7, 11) is 1.65. The molecule has 0 aromatic heterocycles. The number of ether oxygens (including phenoxy) is 1. The molecule has 1 atom stereocenters. The number of hydrogen-bond acceptors (Lipinski definition) is 3. The van der Waals surface area contributed by atoms with E-state index in [2.05, 4.69) is 5.32 Å². The van der Waals surface area contributed by atoms with Crippen LogP contribution in [0.2, 0.25) is 0 Å². The predicted octanol–water partition coefficient (Wildman–Crippen LogP) is 1.79. The van der Waals surface area contributed by atoms with Crippen LogP contribution in [0.4, 0.5) is 0 Å². The van der Waals surface area contributed by atoms with Gasteiger partial charge in [-0.3, -0.25) is 0 Å². The molecule has 1 rings (SSSR count). The zero-order valence-electron chi connectivity index (χ0n) is 10.0. The summed E-state index contributed by atoms with van der Waals surface area (Å²) in [5.74, 6) is 1.23. The third-order valence-corrected chi connectivity index (χ3v) is 3.05. The molecule has 5 heteroatoms. The van der Waals surface area contributed by atoms with Gasteiger partial charge in [0.15, 0.2) is 11.1 Å². The standard InChI is InChI=1S/C12H19NO3S/c1-16-12-6-4-11(5-7-12)10-13-8-2-3-9-17(14)15/h4-7,13H,2-3,8-10H2,1H3,(H,14,15). The van der Waals surface area contributed by atoms with Crippen molar-refractivity contribution in [2.75, 3.05) is 19.4 Å². The third-order valence-electron chi connectivity index (χ3n) is 2.41. The fraction of sp³-hybridized carbons (Fsp3) is 0.500. The molecule has 2 N–H and O–H groups in total. The molecule has 1 aromatic carbocycles. The Morgan fingerprint density at radius 3 is 2.59 bits per heavy atom. The van der Waals surface area contributed by atoms with Crippen LogP contribution >= 0.6 is 0 Å². The highest BCUT2D eigenvalue weighted by Crippen LogP contribution is 2.10. The molecule has 0 radical (unpaired) electrons. The molecule has 0 fully saturated rings. The van der Waals surface area contributed by atoms with Gasteiger partial charge in [0.2, 0.25) is 0 Å². The van der Waals surface area contributed by atoms with E-state index >= 15 is 0 Å². The van der Waals surface area contributed by atoms with E-state index in [4.69, 9.17) is 9.29 Å². The van der Waals surface area contributed by atoms with E-state index in [-0.39, 0.29) is 0 Å². The molecule has 96 valence electrons. The molecule has 1 unspecified atom stereocenters. The molecule has 0 saturated heterocycles. The summed E-state index contributed by atoms with van der Waals surface area (Å²) in [6.07, 6.45) is 1.70. The zero-order chi connectivity index (χ0) is 12.5. The highest BCUT2D eigenvalue weighted by atomic mass is 32.2. The molecule has 0 aliphatic rings. The fourth-order valence-electron chi connectivity index (χ4n) is 1.45. The number of rotatable bonds is 8. The van der Waals surface area contributed by atoms with Crippen LogP contribution in [0.1, 0.15) is 18.4 Å². The molecule has 17 heavy (non-hydrogen) atoms. The van der Waals surface area contributed by atoms with Crippen LogP contribution in [-0.4, -0.2) is 28.2 Å². The first kappa shape index (κ1) is 14.2. The van der Waals surface area contributed by atoms with E-state index in [0.717, 1.165) is 31.7 Å². The molecule has 0 amide bonds. The van der Waals surface area contributed by atoms with Crippen molar-refractivity contribution >= 4 is 11.1 Å². The molecule has 0 aliphatic heterocycles. The van der Waals surface area contributed by atoms with Gasteiger partial charge in [-0.15, -0.1) is 0 Å². The Morgan fingerprint density at radius 2 is 2.00 bits per heavy atom. The van der Waals surface area contributed by atoms with Gasteiger partial charge < -0.3 is 14.6 Å². The van der Waals surface area contributed by atoms with Gasteiger partial charge in [0.1, 0.15) is 5.75 Å². The Bertz CT molecular complexity index is 340. The first-order valence-corrected chi connectivity index (χ1v) is 6.91. The van der Waals surface area contributed by atoms with Crippen LogP contribution in [0.3, 0.4) is 0 Å². The van der Waals surface area contributed by atoms with E-state index < -0.39 is 11.1 Å². The first-order valence-electron chi connectivity index (χ1n) is 5.63. The Balaban J connectivity index is 2.11. The van der Waals surface area contributed by atoms with Crippen molar-refractivity contribution in [1.82, 2.24) is 5.32 Å². The summed E-state index contributed by atoms with van der Waals surface area (Å²) in [6.45, 7) is 1.68. The molecule has 4 nitrogen and oxygen atoms in total. The van der Waals surface area contributed by atoms with E-state index in [1.165, 1.54) is 5.56 Å². The Hall–Kier alpha value is -0.910. The summed E-state index contributed by atoms with van der Waals surface area (Å²) in [6, 6.07) is 7.92. The van der Waals surface area contributed by atoms with Gasteiger partial charge in [-0.25, -0.2) is 4.21 Å². The van der Waals surface area contributed by atoms with Gasteiger partial charge in [-0.2, -0.15) is 0 Å². The molecule has 0 saturated carbocycles. The number of methoxy groups -OCH3 is 1. The lowest BCUT2D eigenvalue weighted by molar-refractivity contribution is 0.414. The number of nitrogens with one attached hydrogen (secondary N) is 1. The van der Waals surface area contributed by atoms with Crippen LogP contribution in [0.5, 0.6) is 5.75 Å². The average Bonchev–Trinajstić information content (AvgIpc) is 2.34. The van der Waals surface area contributed by atoms with E-state index in [9.17, 15) is 4.21 Å². The summed E-state index contributed by atoms with van der Waals surface area (Å²) < 4.78 is 24.0. The van der Waals surface area contributed by atoms with E-state index in [1.54, 1.807) is 7.11 Å². The van der Waals surface area contributed by atoms with Crippen LogP contribution in [0.25, 0.3) is 0 Å². The van der Waals surface area contributed by atoms with Crippen LogP contribution in [0.15, 0.2) is 24.3 Å². The third kappa shape index (κ3) is 6.41. The quantitative estimate of drug-likeness (QED) is 0.550. The van der Waals surface area contributed by atoms with E-state index in [0.29, 0.717) is 5.75 Å². The van der Waals surface area contributed by atoms with Crippen LogP contribution in [-0.2, 0) is 17.6 Å². The minimum absolute atomic E-state index is 0.365. The lowest BCUT2D eigenvalue weighted by Crippen LogP contribution is -2.15. The number of hydrogen-bond donors (Lipinski definition) is 2. The van der Waals surface area contributed by atoms with Gasteiger partial charge in [0, 0.05) is 12.3 Å². The maximum Gasteiger partial charge on any atom is 0.152 e. The molecular formula is C12H19NO3S. The second-order valence-corrected chi connectivity index (χ2v) is 4.81.